The molecule has 1 aromatic heterocycles. The van der Waals surface area contributed by atoms with E-state index in [0.717, 1.165) is 17.0 Å². The number of nitriles is 1. The number of fused-ring (bicyclic) bond motifs is 1. The van der Waals surface area contributed by atoms with Crippen molar-refractivity contribution in [1.82, 2.24) is 14.8 Å². The second kappa shape index (κ2) is 6.26. The van der Waals surface area contributed by atoms with E-state index in [2.05, 4.69) is 16.3 Å². The Hall–Kier alpha value is -2.98. The molecule has 2 heterocycles. The summed E-state index contributed by atoms with van der Waals surface area (Å²) in [5.74, 6) is 2.43. The van der Waals surface area contributed by atoms with Crippen LogP contribution in [0.2, 0.25) is 0 Å². The molecule has 0 spiro atoms. The van der Waals surface area contributed by atoms with Crippen molar-refractivity contribution in [2.45, 2.75) is 5.16 Å². The third-order valence-corrected chi connectivity index (χ3v) is 4.34. The largest absolute Gasteiger partial charge is 0.454 e. The van der Waals surface area contributed by atoms with E-state index in [-0.39, 0.29) is 6.79 Å². The minimum absolute atomic E-state index is 0.230. The maximum atomic E-state index is 8.86. The van der Waals surface area contributed by atoms with Gasteiger partial charge in [0, 0.05) is 11.3 Å². The van der Waals surface area contributed by atoms with E-state index in [1.54, 1.807) is 0 Å². The van der Waals surface area contributed by atoms with E-state index in [9.17, 15) is 0 Å². The van der Waals surface area contributed by atoms with Crippen LogP contribution in [0.3, 0.4) is 0 Å². The standard InChI is InChI=1S/C17H12N4O2S/c18-8-9-24-17-20-19-16(21(17)13-4-2-1-3-5-13)12-6-7-14-15(10-12)23-11-22-14/h1-7,10H,9,11H2. The van der Waals surface area contributed by atoms with Gasteiger partial charge in [0.05, 0.1) is 11.8 Å². The Bertz CT molecular complexity index is 918. The Morgan fingerprint density at radius 2 is 1.92 bits per heavy atom. The van der Waals surface area contributed by atoms with Crippen LogP contribution < -0.4 is 9.47 Å². The van der Waals surface area contributed by atoms with Crippen molar-refractivity contribution in [2.75, 3.05) is 12.5 Å². The molecule has 0 fully saturated rings. The summed E-state index contributed by atoms with van der Waals surface area (Å²) in [6, 6.07) is 17.6. The highest BCUT2D eigenvalue weighted by Gasteiger charge is 2.19. The van der Waals surface area contributed by atoms with Crippen LogP contribution in [-0.2, 0) is 0 Å². The fourth-order valence-corrected chi connectivity index (χ4v) is 3.11. The fourth-order valence-electron chi connectivity index (χ4n) is 2.49. The molecule has 0 saturated heterocycles. The van der Waals surface area contributed by atoms with E-state index in [1.165, 1.54) is 11.8 Å². The van der Waals surface area contributed by atoms with Crippen LogP contribution in [0.5, 0.6) is 11.5 Å². The molecule has 0 bridgehead atoms. The molecule has 0 unspecified atom stereocenters. The lowest BCUT2D eigenvalue weighted by Crippen LogP contribution is -1.99. The summed E-state index contributed by atoms with van der Waals surface area (Å²) in [6.07, 6.45) is 0. The molecule has 118 valence electrons. The molecule has 6 nitrogen and oxygen atoms in total. The van der Waals surface area contributed by atoms with E-state index in [1.807, 2.05) is 53.1 Å². The first-order valence-corrected chi connectivity index (χ1v) is 8.26. The fraction of sp³-hybridized carbons (Fsp3) is 0.118. The molecule has 2 aromatic carbocycles. The van der Waals surface area contributed by atoms with Crippen LogP contribution in [0.1, 0.15) is 0 Å². The summed E-state index contributed by atoms with van der Waals surface area (Å²) in [7, 11) is 0. The highest BCUT2D eigenvalue weighted by Crippen LogP contribution is 2.36. The van der Waals surface area contributed by atoms with Crippen molar-refractivity contribution in [2.24, 2.45) is 0 Å². The van der Waals surface area contributed by atoms with Crippen molar-refractivity contribution in [3.05, 3.63) is 48.5 Å². The minimum Gasteiger partial charge on any atom is -0.454 e. The minimum atomic E-state index is 0.230. The second-order valence-electron chi connectivity index (χ2n) is 4.99. The predicted octanol–water partition coefficient (Wildman–Crippen LogP) is 3.28. The number of benzene rings is 2. The van der Waals surface area contributed by atoms with Gasteiger partial charge in [-0.1, -0.05) is 30.0 Å². The van der Waals surface area contributed by atoms with Gasteiger partial charge < -0.3 is 9.47 Å². The molecule has 0 saturated carbocycles. The lowest BCUT2D eigenvalue weighted by molar-refractivity contribution is 0.174. The van der Waals surface area contributed by atoms with Gasteiger partial charge >= 0.3 is 0 Å². The molecule has 24 heavy (non-hydrogen) atoms. The topological polar surface area (TPSA) is 73.0 Å². The van der Waals surface area contributed by atoms with Gasteiger partial charge in [-0.25, -0.2) is 0 Å². The molecule has 4 rings (SSSR count). The van der Waals surface area contributed by atoms with Crippen LogP contribution in [0, 0.1) is 11.3 Å². The Kier molecular flexibility index (Phi) is 3.81. The summed E-state index contributed by atoms with van der Waals surface area (Å²) in [5.41, 5.74) is 1.81. The van der Waals surface area contributed by atoms with E-state index < -0.39 is 0 Å². The first-order valence-electron chi connectivity index (χ1n) is 7.27. The monoisotopic (exact) mass is 336 g/mol. The molecule has 0 N–H and O–H groups in total. The Morgan fingerprint density at radius 3 is 2.75 bits per heavy atom. The van der Waals surface area contributed by atoms with E-state index in [4.69, 9.17) is 14.7 Å². The molecule has 7 heteroatoms. The van der Waals surface area contributed by atoms with Gasteiger partial charge in [0.2, 0.25) is 6.79 Å². The number of hydrogen-bond donors (Lipinski definition) is 0. The number of aromatic nitrogens is 3. The molecule has 0 amide bonds. The van der Waals surface area contributed by atoms with Crippen LogP contribution in [0.4, 0.5) is 0 Å². The molecule has 0 aliphatic carbocycles. The Morgan fingerprint density at radius 1 is 1.08 bits per heavy atom. The lowest BCUT2D eigenvalue weighted by Gasteiger charge is -2.10. The number of thioether (sulfide) groups is 1. The summed E-state index contributed by atoms with van der Waals surface area (Å²) >= 11 is 1.36. The van der Waals surface area contributed by atoms with E-state index >= 15 is 0 Å². The van der Waals surface area contributed by atoms with Crippen LogP contribution >= 0.6 is 11.8 Å². The highest BCUT2D eigenvalue weighted by molar-refractivity contribution is 7.99. The molecule has 3 aromatic rings. The maximum Gasteiger partial charge on any atom is 0.231 e. The average molecular weight is 336 g/mol. The molecule has 0 radical (unpaired) electrons. The zero-order valence-corrected chi connectivity index (χ0v) is 13.4. The zero-order valence-electron chi connectivity index (χ0n) is 12.5. The zero-order chi connectivity index (χ0) is 16.4. The number of para-hydroxylation sites is 1. The van der Waals surface area contributed by atoms with Crippen molar-refractivity contribution in [1.29, 1.82) is 5.26 Å². The number of rotatable bonds is 4. The van der Waals surface area contributed by atoms with Gasteiger partial charge in [-0.15, -0.1) is 10.2 Å². The quantitative estimate of drug-likeness (QED) is 0.681. The number of nitrogens with zero attached hydrogens (tertiary/aromatic N) is 4. The van der Waals surface area contributed by atoms with Gasteiger partial charge in [-0.3, -0.25) is 4.57 Å². The van der Waals surface area contributed by atoms with Crippen molar-refractivity contribution in [3.8, 4) is 34.6 Å². The number of ether oxygens (including phenoxy) is 2. The third kappa shape index (κ3) is 2.57. The Labute approximate surface area is 142 Å². The first kappa shape index (κ1) is 14.6. The molecule has 1 aliphatic rings. The smallest absolute Gasteiger partial charge is 0.231 e. The summed E-state index contributed by atoms with van der Waals surface area (Å²) in [5, 5.41) is 18.1. The van der Waals surface area contributed by atoms with Crippen LogP contribution in [0.25, 0.3) is 17.1 Å². The van der Waals surface area contributed by atoms with Crippen molar-refractivity contribution < 1.29 is 9.47 Å². The summed E-state index contributed by atoms with van der Waals surface area (Å²) < 4.78 is 12.8. The average Bonchev–Trinajstić information content (AvgIpc) is 3.26. The van der Waals surface area contributed by atoms with Gasteiger partial charge in [0.1, 0.15) is 0 Å². The SMILES string of the molecule is N#CCSc1nnc(-c2ccc3c(c2)OCO3)n1-c1ccccc1. The van der Waals surface area contributed by atoms with E-state index in [0.29, 0.717) is 22.5 Å². The molecular weight excluding hydrogens is 324 g/mol. The van der Waals surface area contributed by atoms with Crippen LogP contribution in [-0.4, -0.2) is 27.3 Å². The Balaban J connectivity index is 1.84. The number of hydrogen-bond acceptors (Lipinski definition) is 6. The van der Waals surface area contributed by atoms with Gasteiger partial charge in [0.15, 0.2) is 22.5 Å². The maximum absolute atomic E-state index is 8.86. The predicted molar refractivity (Wildman–Crippen MR) is 89.3 cm³/mol. The normalized spacial score (nSPS) is 12.1. The van der Waals surface area contributed by atoms with Gasteiger partial charge in [0.25, 0.3) is 0 Å². The van der Waals surface area contributed by atoms with Crippen molar-refractivity contribution >= 4 is 11.8 Å². The molecule has 0 atom stereocenters. The summed E-state index contributed by atoms with van der Waals surface area (Å²) in [6.45, 7) is 0.230. The molecule has 1 aliphatic heterocycles. The second-order valence-corrected chi connectivity index (χ2v) is 5.93. The van der Waals surface area contributed by atoms with Gasteiger partial charge in [-0.05, 0) is 30.3 Å². The lowest BCUT2D eigenvalue weighted by atomic mass is 10.2. The van der Waals surface area contributed by atoms with Crippen molar-refractivity contribution in [3.63, 3.8) is 0 Å². The van der Waals surface area contributed by atoms with Crippen LogP contribution in [0.15, 0.2) is 53.7 Å². The molecular formula is C17H12N4O2S. The van der Waals surface area contributed by atoms with Gasteiger partial charge in [-0.2, -0.15) is 5.26 Å². The highest BCUT2D eigenvalue weighted by atomic mass is 32.2. The summed E-state index contributed by atoms with van der Waals surface area (Å²) in [4.78, 5) is 0. The first-order chi connectivity index (χ1) is 11.9. The third-order valence-electron chi connectivity index (χ3n) is 3.54.